The summed E-state index contributed by atoms with van der Waals surface area (Å²) < 4.78 is 12.9. The fourth-order valence-electron chi connectivity index (χ4n) is 1.28. The Kier molecular flexibility index (Phi) is 4.84. The molecular formula is C12H16FNO. The van der Waals surface area contributed by atoms with Crippen molar-refractivity contribution in [2.75, 3.05) is 6.54 Å². The van der Waals surface area contributed by atoms with Crippen molar-refractivity contribution < 1.29 is 9.50 Å². The predicted octanol–water partition coefficient (Wildman–Crippen LogP) is 2.59. The van der Waals surface area contributed by atoms with Crippen LogP contribution >= 0.6 is 0 Å². The molecule has 0 spiro atoms. The number of para-hydroxylation sites is 1. The molecular weight excluding hydrogens is 193 g/mol. The molecule has 1 aromatic carbocycles. The molecule has 0 fully saturated rings. The van der Waals surface area contributed by atoms with Crippen molar-refractivity contribution in [3.05, 3.63) is 41.7 Å². The summed E-state index contributed by atoms with van der Waals surface area (Å²) in [4.78, 5) is 0. The minimum atomic E-state index is -0.567. The van der Waals surface area contributed by atoms with Gasteiger partial charge in [0.25, 0.3) is 0 Å². The molecule has 0 bridgehead atoms. The molecule has 82 valence electrons. The topological polar surface area (TPSA) is 32.3 Å². The minimum absolute atomic E-state index is 0.254. The highest BCUT2D eigenvalue weighted by atomic mass is 19.1. The number of hydrogen-bond donors (Lipinski definition) is 2. The zero-order valence-corrected chi connectivity index (χ0v) is 8.83. The Morgan fingerprint density at radius 2 is 2.27 bits per heavy atom. The molecule has 1 aromatic rings. The zero-order chi connectivity index (χ0) is 11.1. The van der Waals surface area contributed by atoms with Crippen LogP contribution in [0.1, 0.15) is 18.9 Å². The first-order valence-electron chi connectivity index (χ1n) is 5.04. The van der Waals surface area contributed by atoms with Crippen LogP contribution in [0.15, 0.2) is 30.4 Å². The molecule has 0 aliphatic rings. The Labute approximate surface area is 89.4 Å². The maximum Gasteiger partial charge on any atom is 0.165 e. The van der Waals surface area contributed by atoms with Crippen LogP contribution in [0.2, 0.25) is 0 Å². The van der Waals surface area contributed by atoms with E-state index in [1.54, 1.807) is 12.1 Å². The molecule has 0 aliphatic carbocycles. The van der Waals surface area contributed by atoms with E-state index < -0.39 is 5.82 Å². The summed E-state index contributed by atoms with van der Waals surface area (Å²) in [5.74, 6) is -0.821. The van der Waals surface area contributed by atoms with Gasteiger partial charge in [-0.05, 0) is 26.0 Å². The number of nitrogens with one attached hydrogen (secondary N) is 1. The average Bonchev–Trinajstić information content (AvgIpc) is 2.24. The van der Waals surface area contributed by atoms with E-state index in [1.807, 2.05) is 13.0 Å². The molecule has 0 amide bonds. The van der Waals surface area contributed by atoms with Gasteiger partial charge in [-0.25, -0.2) is 4.39 Å². The van der Waals surface area contributed by atoms with Gasteiger partial charge in [0.1, 0.15) is 0 Å². The minimum Gasteiger partial charge on any atom is -0.505 e. The van der Waals surface area contributed by atoms with Crippen LogP contribution in [0.3, 0.4) is 0 Å². The molecule has 3 heteroatoms. The lowest BCUT2D eigenvalue weighted by Gasteiger charge is -2.06. The van der Waals surface area contributed by atoms with E-state index in [-0.39, 0.29) is 5.75 Å². The Morgan fingerprint density at radius 1 is 1.47 bits per heavy atom. The van der Waals surface area contributed by atoms with Crippen molar-refractivity contribution >= 4 is 0 Å². The fraction of sp³-hybridized carbons (Fsp3) is 0.333. The van der Waals surface area contributed by atoms with Gasteiger partial charge in [0.2, 0.25) is 0 Å². The van der Waals surface area contributed by atoms with Crippen LogP contribution in [-0.2, 0) is 6.54 Å². The lowest BCUT2D eigenvalue weighted by molar-refractivity contribution is 0.423. The predicted molar refractivity (Wildman–Crippen MR) is 59.2 cm³/mol. The highest BCUT2D eigenvalue weighted by molar-refractivity contribution is 5.33. The van der Waals surface area contributed by atoms with E-state index in [0.717, 1.165) is 13.0 Å². The van der Waals surface area contributed by atoms with Gasteiger partial charge in [-0.3, -0.25) is 0 Å². The second-order valence-electron chi connectivity index (χ2n) is 3.28. The van der Waals surface area contributed by atoms with E-state index >= 15 is 0 Å². The first kappa shape index (κ1) is 11.7. The first-order valence-corrected chi connectivity index (χ1v) is 5.04. The van der Waals surface area contributed by atoms with Gasteiger partial charge in [0, 0.05) is 12.1 Å². The maximum absolute atomic E-state index is 12.9. The first-order chi connectivity index (χ1) is 7.25. The molecule has 0 saturated heterocycles. The number of rotatable bonds is 5. The second-order valence-corrected chi connectivity index (χ2v) is 3.28. The molecule has 2 N–H and O–H groups in total. The molecule has 0 radical (unpaired) electrons. The molecule has 0 heterocycles. The number of phenols is 1. The van der Waals surface area contributed by atoms with Crippen LogP contribution in [0.5, 0.6) is 5.75 Å². The van der Waals surface area contributed by atoms with Gasteiger partial charge >= 0.3 is 0 Å². The van der Waals surface area contributed by atoms with E-state index in [0.29, 0.717) is 12.1 Å². The molecule has 0 aromatic heterocycles. The van der Waals surface area contributed by atoms with Crippen molar-refractivity contribution in [1.29, 1.82) is 0 Å². The quantitative estimate of drug-likeness (QED) is 0.577. The van der Waals surface area contributed by atoms with E-state index in [4.69, 9.17) is 0 Å². The third-order valence-electron chi connectivity index (χ3n) is 2.11. The summed E-state index contributed by atoms with van der Waals surface area (Å²) in [6.07, 6.45) is 4.98. The summed E-state index contributed by atoms with van der Waals surface area (Å²) in [7, 11) is 0. The van der Waals surface area contributed by atoms with Gasteiger partial charge in [-0.15, -0.1) is 0 Å². The second kappa shape index (κ2) is 6.19. The van der Waals surface area contributed by atoms with Crippen molar-refractivity contribution in [2.24, 2.45) is 0 Å². The van der Waals surface area contributed by atoms with Crippen LogP contribution in [0, 0.1) is 5.82 Å². The number of benzene rings is 1. The number of halogens is 1. The van der Waals surface area contributed by atoms with Crippen molar-refractivity contribution in [3.63, 3.8) is 0 Å². The molecule has 0 aliphatic heterocycles. The van der Waals surface area contributed by atoms with Gasteiger partial charge in [-0.2, -0.15) is 0 Å². The summed E-state index contributed by atoms with van der Waals surface area (Å²) in [5.41, 5.74) is 0.593. The Hall–Kier alpha value is -1.35. The standard InChI is InChI=1S/C12H16FNO/c1-2-3-4-8-14-9-10-6-5-7-11(13)12(10)15/h2-3,5-7,14-15H,4,8-9H2,1H3/b3-2+. The molecule has 15 heavy (non-hydrogen) atoms. The summed E-state index contributed by atoms with van der Waals surface area (Å²) >= 11 is 0. The van der Waals surface area contributed by atoms with Crippen LogP contribution in [0.25, 0.3) is 0 Å². The van der Waals surface area contributed by atoms with E-state index in [9.17, 15) is 9.50 Å². The van der Waals surface area contributed by atoms with Crippen molar-refractivity contribution in [2.45, 2.75) is 19.9 Å². The number of aromatic hydroxyl groups is 1. The van der Waals surface area contributed by atoms with Gasteiger partial charge in [0.15, 0.2) is 11.6 Å². The van der Waals surface area contributed by atoms with Crippen LogP contribution < -0.4 is 5.32 Å². The number of hydrogen-bond acceptors (Lipinski definition) is 2. The monoisotopic (exact) mass is 209 g/mol. The third kappa shape index (κ3) is 3.72. The van der Waals surface area contributed by atoms with Crippen molar-refractivity contribution in [3.8, 4) is 5.75 Å². The molecule has 2 nitrogen and oxygen atoms in total. The van der Waals surface area contributed by atoms with Crippen molar-refractivity contribution in [1.82, 2.24) is 5.32 Å². The lowest BCUT2D eigenvalue weighted by Crippen LogP contribution is -2.14. The zero-order valence-electron chi connectivity index (χ0n) is 8.83. The number of phenolic OH excluding ortho intramolecular Hbond substituents is 1. The maximum atomic E-state index is 12.9. The molecule has 0 unspecified atom stereocenters. The van der Waals surface area contributed by atoms with Crippen LogP contribution in [-0.4, -0.2) is 11.7 Å². The Bertz CT molecular complexity index is 336. The van der Waals surface area contributed by atoms with E-state index in [2.05, 4.69) is 11.4 Å². The SMILES string of the molecule is C/C=C/CCNCc1cccc(F)c1O. The Balaban J connectivity index is 2.40. The summed E-state index contributed by atoms with van der Waals surface area (Å²) in [6.45, 7) is 3.28. The normalized spacial score (nSPS) is 11.1. The lowest BCUT2D eigenvalue weighted by atomic mass is 10.2. The smallest absolute Gasteiger partial charge is 0.165 e. The highest BCUT2D eigenvalue weighted by Crippen LogP contribution is 2.20. The average molecular weight is 209 g/mol. The van der Waals surface area contributed by atoms with Gasteiger partial charge in [-0.1, -0.05) is 24.3 Å². The molecule has 0 atom stereocenters. The van der Waals surface area contributed by atoms with Gasteiger partial charge < -0.3 is 10.4 Å². The third-order valence-corrected chi connectivity index (χ3v) is 2.11. The summed E-state index contributed by atoms with van der Waals surface area (Å²) in [6, 6.07) is 4.55. The summed E-state index contributed by atoms with van der Waals surface area (Å²) in [5, 5.41) is 12.5. The van der Waals surface area contributed by atoms with Gasteiger partial charge in [0.05, 0.1) is 0 Å². The number of allylic oxidation sites excluding steroid dienone is 1. The highest BCUT2D eigenvalue weighted by Gasteiger charge is 2.04. The fourth-order valence-corrected chi connectivity index (χ4v) is 1.28. The van der Waals surface area contributed by atoms with Crippen LogP contribution in [0.4, 0.5) is 4.39 Å². The largest absolute Gasteiger partial charge is 0.505 e. The molecule has 0 saturated carbocycles. The van der Waals surface area contributed by atoms with E-state index in [1.165, 1.54) is 6.07 Å². The molecule has 1 rings (SSSR count). The Morgan fingerprint density at radius 3 is 3.00 bits per heavy atom.